The highest BCUT2D eigenvalue weighted by atomic mass is 35.5. The number of aromatic nitrogens is 1. The number of anilines is 2. The van der Waals surface area contributed by atoms with Crippen LogP contribution in [0.4, 0.5) is 24.5 Å². The zero-order valence-electron chi connectivity index (χ0n) is 23.2. The molecule has 0 spiro atoms. The van der Waals surface area contributed by atoms with Gasteiger partial charge in [-0.15, -0.1) is 0 Å². The lowest BCUT2D eigenvalue weighted by Crippen LogP contribution is -2.45. The van der Waals surface area contributed by atoms with Crippen molar-refractivity contribution in [3.05, 3.63) is 64.0 Å². The van der Waals surface area contributed by atoms with Crippen LogP contribution in [0, 0.1) is 38.0 Å². The molecule has 0 bridgehead atoms. The number of benzene rings is 2. The van der Waals surface area contributed by atoms with E-state index >= 15 is 0 Å². The summed E-state index contributed by atoms with van der Waals surface area (Å²) in [4.78, 5) is 13.7. The molecule has 1 aromatic heterocycles. The Labute approximate surface area is 242 Å². The van der Waals surface area contributed by atoms with E-state index in [0.717, 1.165) is 57.9 Å². The van der Waals surface area contributed by atoms with E-state index in [0.29, 0.717) is 37.3 Å². The van der Waals surface area contributed by atoms with E-state index < -0.39 is 23.5 Å². The first kappa shape index (κ1) is 29.0. The van der Waals surface area contributed by atoms with Gasteiger partial charge in [-0.1, -0.05) is 35.0 Å². The van der Waals surface area contributed by atoms with Gasteiger partial charge in [0.2, 0.25) is 0 Å². The van der Waals surface area contributed by atoms with E-state index in [1.165, 1.54) is 0 Å². The quantitative estimate of drug-likeness (QED) is 0.306. The first-order valence-electron chi connectivity index (χ1n) is 13.8. The van der Waals surface area contributed by atoms with Crippen molar-refractivity contribution in [3.63, 3.8) is 0 Å². The second kappa shape index (κ2) is 11.1. The van der Waals surface area contributed by atoms with E-state index in [4.69, 9.17) is 16.1 Å². The molecule has 2 saturated carbocycles. The number of nitriles is 1. The van der Waals surface area contributed by atoms with Crippen LogP contribution in [0.5, 0.6) is 0 Å². The summed E-state index contributed by atoms with van der Waals surface area (Å²) in [5.41, 5.74) is 5.91. The standard InChI is InChI=1S/C31H32ClF3N4O2/c1-18-4-7-22(28-19(2)38-41-20(28)3)14-27(18)39(24-10-11-25(26(32)15-24)30(17-36)12-13-30)16-21-5-8-23(9-6-21)37-29(40)31(33,34)35/h4,7,10-11,14-15,21,23H,5-6,8-9,12-13,16H2,1-3H3,(H,37,40). The summed E-state index contributed by atoms with van der Waals surface area (Å²) in [6.45, 7) is 6.43. The molecule has 2 aromatic carbocycles. The summed E-state index contributed by atoms with van der Waals surface area (Å²) < 4.78 is 43.7. The van der Waals surface area contributed by atoms with E-state index in [-0.39, 0.29) is 5.92 Å². The minimum absolute atomic E-state index is 0.184. The summed E-state index contributed by atoms with van der Waals surface area (Å²) in [6, 6.07) is 14.0. The Balaban J connectivity index is 1.45. The van der Waals surface area contributed by atoms with Gasteiger partial charge in [0.25, 0.3) is 0 Å². The lowest BCUT2D eigenvalue weighted by atomic mass is 9.85. The third kappa shape index (κ3) is 5.94. The molecule has 0 saturated heterocycles. The molecule has 216 valence electrons. The van der Waals surface area contributed by atoms with Crippen LogP contribution in [-0.2, 0) is 10.2 Å². The highest BCUT2D eigenvalue weighted by Crippen LogP contribution is 2.51. The van der Waals surface area contributed by atoms with Crippen LogP contribution in [0.1, 0.15) is 61.1 Å². The van der Waals surface area contributed by atoms with Gasteiger partial charge < -0.3 is 14.7 Å². The molecule has 6 nitrogen and oxygen atoms in total. The number of hydrogen-bond acceptors (Lipinski definition) is 5. The third-order valence-corrected chi connectivity index (χ3v) is 8.76. The number of rotatable bonds is 7. The number of nitrogens with one attached hydrogen (secondary N) is 1. The monoisotopic (exact) mass is 584 g/mol. The molecule has 1 N–H and O–H groups in total. The zero-order chi connectivity index (χ0) is 29.5. The molecule has 0 aliphatic heterocycles. The smallest absolute Gasteiger partial charge is 0.361 e. The minimum Gasteiger partial charge on any atom is -0.361 e. The molecule has 3 aromatic rings. The van der Waals surface area contributed by atoms with Gasteiger partial charge in [-0.05, 0) is 100 Å². The van der Waals surface area contributed by atoms with Crippen molar-refractivity contribution in [1.82, 2.24) is 10.5 Å². The van der Waals surface area contributed by atoms with Gasteiger partial charge in [-0.3, -0.25) is 4.79 Å². The second-order valence-corrected chi connectivity index (χ2v) is 11.8. The van der Waals surface area contributed by atoms with Crippen LogP contribution in [0.2, 0.25) is 5.02 Å². The molecule has 1 amide bonds. The maximum absolute atomic E-state index is 12.8. The molecule has 2 fully saturated rings. The predicted molar refractivity (Wildman–Crippen MR) is 151 cm³/mol. The largest absolute Gasteiger partial charge is 0.471 e. The van der Waals surface area contributed by atoms with E-state index in [1.807, 2.05) is 45.0 Å². The minimum atomic E-state index is -4.88. The molecule has 41 heavy (non-hydrogen) atoms. The summed E-state index contributed by atoms with van der Waals surface area (Å²) >= 11 is 6.77. The van der Waals surface area contributed by atoms with Crippen LogP contribution in [-0.4, -0.2) is 29.8 Å². The molecular weight excluding hydrogens is 553 g/mol. The lowest BCUT2D eigenvalue weighted by Gasteiger charge is -2.35. The van der Waals surface area contributed by atoms with Crippen molar-refractivity contribution in [3.8, 4) is 17.2 Å². The van der Waals surface area contributed by atoms with Gasteiger partial charge in [0.1, 0.15) is 5.76 Å². The molecule has 5 rings (SSSR count). The first-order valence-corrected chi connectivity index (χ1v) is 14.2. The van der Waals surface area contributed by atoms with Crippen molar-refractivity contribution in [2.45, 2.75) is 76.9 Å². The summed E-state index contributed by atoms with van der Waals surface area (Å²) in [7, 11) is 0. The van der Waals surface area contributed by atoms with Crippen molar-refractivity contribution in [2.75, 3.05) is 11.4 Å². The third-order valence-electron chi connectivity index (χ3n) is 8.45. The SMILES string of the molecule is Cc1ccc(-c2c(C)noc2C)cc1N(CC1CCC(NC(=O)C(F)(F)F)CC1)c1ccc(C2(C#N)CC2)c(Cl)c1. The maximum atomic E-state index is 12.8. The average Bonchev–Trinajstić information content (AvgIpc) is 3.66. The van der Waals surface area contributed by atoms with E-state index in [9.17, 15) is 23.2 Å². The fraction of sp³-hybridized carbons (Fsp3) is 0.452. The van der Waals surface area contributed by atoms with Gasteiger partial charge in [0.15, 0.2) is 0 Å². The fourth-order valence-electron chi connectivity index (χ4n) is 5.93. The van der Waals surface area contributed by atoms with Crippen LogP contribution >= 0.6 is 11.6 Å². The van der Waals surface area contributed by atoms with Gasteiger partial charge in [-0.25, -0.2) is 0 Å². The Morgan fingerprint density at radius 2 is 1.85 bits per heavy atom. The topological polar surface area (TPSA) is 82.2 Å². The van der Waals surface area contributed by atoms with Gasteiger partial charge in [-0.2, -0.15) is 18.4 Å². The highest BCUT2D eigenvalue weighted by Gasteiger charge is 2.46. The average molecular weight is 585 g/mol. The highest BCUT2D eigenvalue weighted by molar-refractivity contribution is 6.32. The van der Waals surface area contributed by atoms with Gasteiger partial charge in [0.05, 0.1) is 17.2 Å². The molecule has 1 heterocycles. The zero-order valence-corrected chi connectivity index (χ0v) is 24.0. The molecule has 0 atom stereocenters. The molecule has 2 aliphatic carbocycles. The number of alkyl halides is 3. The normalized spacial score (nSPS) is 19.9. The van der Waals surface area contributed by atoms with Crippen LogP contribution < -0.4 is 10.2 Å². The van der Waals surface area contributed by atoms with E-state index in [1.54, 1.807) is 0 Å². The number of hydrogen-bond donors (Lipinski definition) is 1. The Hall–Kier alpha value is -3.51. The summed E-state index contributed by atoms with van der Waals surface area (Å²) in [5, 5.41) is 16.5. The Morgan fingerprint density at radius 1 is 1.15 bits per heavy atom. The molecule has 0 unspecified atom stereocenters. The Morgan fingerprint density at radius 3 is 2.41 bits per heavy atom. The Bertz CT molecular complexity index is 1480. The first-order chi connectivity index (χ1) is 19.4. The van der Waals surface area contributed by atoms with Gasteiger partial charge >= 0.3 is 12.1 Å². The van der Waals surface area contributed by atoms with Crippen molar-refractivity contribution < 1.29 is 22.5 Å². The fourth-order valence-corrected chi connectivity index (χ4v) is 6.29. The lowest BCUT2D eigenvalue weighted by molar-refractivity contribution is -0.174. The number of halogens is 4. The Kier molecular flexibility index (Phi) is 7.82. The maximum Gasteiger partial charge on any atom is 0.471 e. The van der Waals surface area contributed by atoms with E-state index in [2.05, 4.69) is 33.6 Å². The summed E-state index contributed by atoms with van der Waals surface area (Å²) in [6.07, 6.45) is -1.01. The number of nitrogens with zero attached hydrogens (tertiary/aromatic N) is 3. The molecule has 10 heteroatoms. The number of amides is 1. The van der Waals surface area contributed by atoms with Crippen LogP contribution in [0.15, 0.2) is 40.9 Å². The number of carbonyl (C=O) groups is 1. The molecule has 2 aliphatic rings. The van der Waals surface area contributed by atoms with Crippen molar-refractivity contribution >= 4 is 28.9 Å². The van der Waals surface area contributed by atoms with Crippen molar-refractivity contribution in [1.29, 1.82) is 5.26 Å². The van der Waals surface area contributed by atoms with Crippen LogP contribution in [0.3, 0.4) is 0 Å². The molecular formula is C31H32ClF3N4O2. The predicted octanol–water partition coefficient (Wildman–Crippen LogP) is 7.85. The number of aryl methyl sites for hydroxylation is 3. The second-order valence-electron chi connectivity index (χ2n) is 11.4. The van der Waals surface area contributed by atoms with Gasteiger partial charge in [0, 0.05) is 34.5 Å². The number of carbonyl (C=O) groups excluding carboxylic acids is 1. The summed E-state index contributed by atoms with van der Waals surface area (Å²) in [5.74, 6) is -0.972. The molecule has 0 radical (unpaired) electrons. The van der Waals surface area contributed by atoms with Crippen molar-refractivity contribution in [2.24, 2.45) is 5.92 Å². The van der Waals surface area contributed by atoms with Crippen LogP contribution in [0.25, 0.3) is 11.1 Å².